The van der Waals surface area contributed by atoms with Gasteiger partial charge in [-0.2, -0.15) is 0 Å². The molecule has 3 heteroatoms. The molecule has 0 aliphatic heterocycles. The molecule has 0 aliphatic rings. The van der Waals surface area contributed by atoms with Crippen LogP contribution in [0, 0.1) is 6.92 Å². The molecule has 0 unspecified atom stereocenters. The summed E-state index contributed by atoms with van der Waals surface area (Å²) in [5.41, 5.74) is 6.97. The van der Waals surface area contributed by atoms with Crippen molar-refractivity contribution in [3.63, 3.8) is 0 Å². The van der Waals surface area contributed by atoms with Crippen LogP contribution in [0.5, 0.6) is 0 Å². The van der Waals surface area contributed by atoms with Gasteiger partial charge in [-0.1, -0.05) is 18.5 Å². The Morgan fingerprint density at radius 2 is 2.36 bits per heavy atom. The van der Waals surface area contributed by atoms with Gasteiger partial charge in [0.1, 0.15) is 0 Å². The molecule has 0 spiro atoms. The van der Waals surface area contributed by atoms with Crippen LogP contribution in [0.3, 0.4) is 0 Å². The average molecular weight is 190 g/mol. The molecule has 2 N–H and O–H groups in total. The molecule has 1 rings (SSSR count). The first-order valence-electron chi connectivity index (χ1n) is 3.65. The third kappa shape index (κ3) is 1.75. The van der Waals surface area contributed by atoms with Crippen LogP contribution >= 0.6 is 22.9 Å². The highest BCUT2D eigenvalue weighted by atomic mass is 35.5. The zero-order valence-electron chi connectivity index (χ0n) is 6.73. The minimum Gasteiger partial charge on any atom is -0.323 e. The quantitative estimate of drug-likeness (QED) is 0.760. The Morgan fingerprint density at radius 1 is 1.73 bits per heavy atom. The smallest absolute Gasteiger partial charge is 0.0590 e. The van der Waals surface area contributed by atoms with E-state index < -0.39 is 0 Å². The predicted molar refractivity (Wildman–Crippen MR) is 51.3 cm³/mol. The molecular formula is C8H12ClNS. The molecule has 0 amide bonds. The van der Waals surface area contributed by atoms with E-state index in [2.05, 4.69) is 6.92 Å². The molecule has 1 nitrogen and oxygen atoms in total. The van der Waals surface area contributed by atoms with Gasteiger partial charge in [-0.05, 0) is 24.3 Å². The summed E-state index contributed by atoms with van der Waals surface area (Å²) in [4.78, 5) is 1.12. The third-order valence-corrected chi connectivity index (χ3v) is 3.55. The Labute approximate surface area is 76.2 Å². The molecule has 1 aromatic rings. The summed E-state index contributed by atoms with van der Waals surface area (Å²) < 4.78 is 0. The number of hydrogen-bond donors (Lipinski definition) is 1. The van der Waals surface area contributed by atoms with E-state index in [1.165, 1.54) is 0 Å². The first-order chi connectivity index (χ1) is 5.16. The van der Waals surface area contributed by atoms with Crippen LogP contribution in [-0.2, 0) is 0 Å². The summed E-state index contributed by atoms with van der Waals surface area (Å²) in [5.74, 6) is 0. The minimum atomic E-state index is 0.112. The zero-order chi connectivity index (χ0) is 8.43. The summed E-state index contributed by atoms with van der Waals surface area (Å²) in [7, 11) is 0. The van der Waals surface area contributed by atoms with E-state index in [0.29, 0.717) is 0 Å². The van der Waals surface area contributed by atoms with Gasteiger partial charge >= 0.3 is 0 Å². The van der Waals surface area contributed by atoms with Crippen molar-refractivity contribution in [3.8, 4) is 0 Å². The lowest BCUT2D eigenvalue weighted by Crippen LogP contribution is -2.06. The van der Waals surface area contributed by atoms with Gasteiger partial charge in [-0.25, -0.2) is 0 Å². The van der Waals surface area contributed by atoms with Gasteiger partial charge in [0.25, 0.3) is 0 Å². The van der Waals surface area contributed by atoms with Crippen LogP contribution < -0.4 is 5.73 Å². The molecular weight excluding hydrogens is 178 g/mol. The highest BCUT2D eigenvalue weighted by molar-refractivity contribution is 7.10. The van der Waals surface area contributed by atoms with Crippen LogP contribution in [0.4, 0.5) is 0 Å². The Kier molecular flexibility index (Phi) is 2.93. The van der Waals surface area contributed by atoms with E-state index in [9.17, 15) is 0 Å². The zero-order valence-corrected chi connectivity index (χ0v) is 8.30. The molecule has 0 saturated heterocycles. The van der Waals surface area contributed by atoms with Crippen molar-refractivity contribution < 1.29 is 0 Å². The van der Waals surface area contributed by atoms with E-state index in [0.717, 1.165) is 21.9 Å². The van der Waals surface area contributed by atoms with Crippen molar-refractivity contribution in [3.05, 3.63) is 20.8 Å². The first kappa shape index (κ1) is 9.04. The largest absolute Gasteiger partial charge is 0.323 e. The molecule has 0 aromatic carbocycles. The molecule has 0 aliphatic carbocycles. The maximum absolute atomic E-state index is 6.01. The minimum absolute atomic E-state index is 0.112. The van der Waals surface area contributed by atoms with E-state index in [-0.39, 0.29) is 6.04 Å². The molecule has 1 aromatic heterocycles. The number of rotatable bonds is 2. The second-order valence-electron chi connectivity index (χ2n) is 2.61. The van der Waals surface area contributed by atoms with Gasteiger partial charge < -0.3 is 5.73 Å². The van der Waals surface area contributed by atoms with Gasteiger partial charge in [-0.3, -0.25) is 0 Å². The van der Waals surface area contributed by atoms with Gasteiger partial charge in [0.2, 0.25) is 0 Å². The normalized spacial score (nSPS) is 13.5. The first-order valence-corrected chi connectivity index (χ1v) is 4.91. The maximum atomic E-state index is 6.01. The average Bonchev–Trinajstić information content (AvgIpc) is 2.32. The van der Waals surface area contributed by atoms with Crippen molar-refractivity contribution >= 4 is 22.9 Å². The molecule has 0 fully saturated rings. The lowest BCUT2D eigenvalue weighted by Gasteiger charge is -2.05. The molecule has 1 atom stereocenters. The van der Waals surface area contributed by atoms with Crippen molar-refractivity contribution in [1.29, 1.82) is 0 Å². The van der Waals surface area contributed by atoms with E-state index in [1.807, 2.05) is 12.3 Å². The molecule has 0 bridgehead atoms. The molecule has 1 heterocycles. The van der Waals surface area contributed by atoms with Gasteiger partial charge in [-0.15, -0.1) is 11.3 Å². The van der Waals surface area contributed by atoms with Crippen LogP contribution in [-0.4, -0.2) is 0 Å². The van der Waals surface area contributed by atoms with Crippen molar-refractivity contribution in [2.75, 3.05) is 0 Å². The number of thiophene rings is 1. The summed E-state index contributed by atoms with van der Waals surface area (Å²) in [6.45, 7) is 4.07. The fourth-order valence-electron chi connectivity index (χ4n) is 0.885. The number of nitrogens with two attached hydrogens (primary N) is 1. The van der Waals surface area contributed by atoms with Crippen LogP contribution in [0.15, 0.2) is 5.38 Å². The second-order valence-corrected chi connectivity index (χ2v) is 3.90. The van der Waals surface area contributed by atoms with Gasteiger partial charge in [0.15, 0.2) is 0 Å². The second kappa shape index (κ2) is 3.57. The summed E-state index contributed by atoms with van der Waals surface area (Å²) in [6, 6.07) is 0.112. The fourth-order valence-corrected chi connectivity index (χ4v) is 2.31. The standard InChI is InChI=1S/C8H12ClNS/c1-3-6(10)8-7(9)5(2)4-11-8/h4,6H,3,10H2,1-2H3/t6-/m1/s1. The molecule has 11 heavy (non-hydrogen) atoms. The molecule has 0 radical (unpaired) electrons. The SMILES string of the molecule is CC[C@@H](N)c1scc(C)c1Cl. The van der Waals surface area contributed by atoms with Gasteiger partial charge in [0, 0.05) is 10.9 Å². The Balaban J connectivity index is 2.94. The van der Waals surface area contributed by atoms with Crippen LogP contribution in [0.25, 0.3) is 0 Å². The molecule has 0 saturated carbocycles. The van der Waals surface area contributed by atoms with Crippen LogP contribution in [0.1, 0.15) is 29.8 Å². The summed E-state index contributed by atoms with van der Waals surface area (Å²) >= 11 is 7.66. The van der Waals surface area contributed by atoms with E-state index >= 15 is 0 Å². The Hall–Kier alpha value is -0.0500. The summed E-state index contributed by atoms with van der Waals surface area (Å²) in [5, 5.41) is 2.90. The third-order valence-electron chi connectivity index (χ3n) is 1.70. The molecule has 62 valence electrons. The monoisotopic (exact) mass is 189 g/mol. The lowest BCUT2D eigenvalue weighted by atomic mass is 10.2. The highest BCUT2D eigenvalue weighted by Crippen LogP contribution is 2.32. The van der Waals surface area contributed by atoms with Crippen molar-refractivity contribution in [2.24, 2.45) is 5.73 Å². The Bertz CT molecular complexity index is 244. The van der Waals surface area contributed by atoms with E-state index in [1.54, 1.807) is 11.3 Å². The van der Waals surface area contributed by atoms with Crippen molar-refractivity contribution in [2.45, 2.75) is 26.3 Å². The fraction of sp³-hybridized carbons (Fsp3) is 0.500. The van der Waals surface area contributed by atoms with Gasteiger partial charge in [0.05, 0.1) is 5.02 Å². The number of hydrogen-bond acceptors (Lipinski definition) is 2. The topological polar surface area (TPSA) is 26.0 Å². The van der Waals surface area contributed by atoms with E-state index in [4.69, 9.17) is 17.3 Å². The lowest BCUT2D eigenvalue weighted by molar-refractivity contribution is 0.712. The number of aryl methyl sites for hydroxylation is 1. The summed E-state index contributed by atoms with van der Waals surface area (Å²) in [6.07, 6.45) is 0.944. The number of halogens is 1. The highest BCUT2D eigenvalue weighted by Gasteiger charge is 2.11. The predicted octanol–water partition coefficient (Wildman–Crippen LogP) is 3.12. The Morgan fingerprint density at radius 3 is 2.73 bits per heavy atom. The van der Waals surface area contributed by atoms with Crippen molar-refractivity contribution in [1.82, 2.24) is 0 Å². The maximum Gasteiger partial charge on any atom is 0.0590 e. The van der Waals surface area contributed by atoms with Crippen LogP contribution in [0.2, 0.25) is 5.02 Å².